The molecule has 1 aromatic carbocycles. The summed E-state index contributed by atoms with van der Waals surface area (Å²) in [5, 5.41) is 0.993. The summed E-state index contributed by atoms with van der Waals surface area (Å²) in [6.45, 7) is 1.95. The lowest BCUT2D eigenvalue weighted by Crippen LogP contribution is -2.26. The lowest BCUT2D eigenvalue weighted by atomic mass is 10.1. The quantitative estimate of drug-likeness (QED) is 0.869. The number of rotatable bonds is 4. The topological polar surface area (TPSA) is 51.4 Å². The van der Waals surface area contributed by atoms with Crippen molar-refractivity contribution in [1.82, 2.24) is 9.88 Å². The van der Waals surface area contributed by atoms with Crippen LogP contribution in [0, 0.1) is 0 Å². The highest BCUT2D eigenvalue weighted by atomic mass is 16.5. The molecule has 20 heavy (non-hydrogen) atoms. The molecule has 1 aliphatic heterocycles. The predicted molar refractivity (Wildman–Crippen MR) is 81.9 cm³/mol. The first kappa shape index (κ1) is 13.2. The monoisotopic (exact) mass is 271 g/mol. The molecule has 0 saturated carbocycles. The van der Waals surface area contributed by atoms with Crippen LogP contribution < -0.4 is 10.5 Å². The number of fused-ring (bicyclic) bond motifs is 1. The van der Waals surface area contributed by atoms with E-state index >= 15 is 0 Å². The van der Waals surface area contributed by atoms with Gasteiger partial charge < -0.3 is 15.4 Å². The van der Waals surface area contributed by atoms with E-state index in [4.69, 9.17) is 10.5 Å². The van der Waals surface area contributed by atoms with Gasteiger partial charge in [0, 0.05) is 17.6 Å². The first-order valence-electron chi connectivity index (χ1n) is 7.22. The lowest BCUT2D eigenvalue weighted by Gasteiger charge is -2.19. The summed E-state index contributed by atoms with van der Waals surface area (Å²) in [6, 6.07) is 8.40. The summed E-state index contributed by atoms with van der Waals surface area (Å²) < 4.78 is 5.96. The fourth-order valence-corrected chi connectivity index (χ4v) is 2.94. The highest BCUT2D eigenvalue weighted by Crippen LogP contribution is 2.28. The van der Waals surface area contributed by atoms with E-state index < -0.39 is 0 Å². The minimum Gasteiger partial charge on any atom is -0.493 e. The second kappa shape index (κ2) is 5.67. The van der Waals surface area contributed by atoms with Crippen molar-refractivity contribution in [3.8, 4) is 5.75 Å². The number of nitrogens with zero attached hydrogens (tertiary/aromatic N) is 2. The zero-order chi connectivity index (χ0) is 13.9. The number of hydrogen-bond donors (Lipinski definition) is 1. The van der Waals surface area contributed by atoms with Gasteiger partial charge in [-0.15, -0.1) is 0 Å². The van der Waals surface area contributed by atoms with Crippen LogP contribution in [0.1, 0.15) is 19.3 Å². The predicted octanol–water partition coefficient (Wildman–Crippen LogP) is 2.68. The Labute approximate surface area is 119 Å². The van der Waals surface area contributed by atoms with Crippen LogP contribution >= 0.6 is 0 Å². The van der Waals surface area contributed by atoms with Gasteiger partial charge in [-0.1, -0.05) is 0 Å². The first-order valence-corrected chi connectivity index (χ1v) is 7.22. The molecule has 1 unspecified atom stereocenters. The molecule has 0 radical (unpaired) electrons. The molecule has 0 aliphatic carbocycles. The van der Waals surface area contributed by atoms with E-state index in [9.17, 15) is 0 Å². The minimum atomic E-state index is 0.660. The van der Waals surface area contributed by atoms with E-state index in [0.717, 1.165) is 29.7 Å². The average molecular weight is 271 g/mol. The van der Waals surface area contributed by atoms with Gasteiger partial charge in [-0.05, 0) is 57.1 Å². The van der Waals surface area contributed by atoms with Crippen molar-refractivity contribution in [2.24, 2.45) is 0 Å². The van der Waals surface area contributed by atoms with Crippen molar-refractivity contribution in [1.29, 1.82) is 0 Å². The molecule has 4 nitrogen and oxygen atoms in total. The van der Waals surface area contributed by atoms with Gasteiger partial charge in [-0.3, -0.25) is 4.98 Å². The number of nitrogen functional groups attached to an aromatic ring is 1. The van der Waals surface area contributed by atoms with Crippen molar-refractivity contribution in [3.63, 3.8) is 0 Å². The van der Waals surface area contributed by atoms with E-state index in [1.54, 1.807) is 6.20 Å². The van der Waals surface area contributed by atoms with Crippen molar-refractivity contribution in [3.05, 3.63) is 30.5 Å². The molecule has 2 N–H and O–H groups in total. The Morgan fingerprint density at radius 3 is 3.10 bits per heavy atom. The number of benzene rings is 1. The smallest absolute Gasteiger partial charge is 0.128 e. The summed E-state index contributed by atoms with van der Waals surface area (Å²) in [6.07, 6.45) is 5.42. The van der Waals surface area contributed by atoms with Gasteiger partial charge in [-0.25, -0.2) is 0 Å². The summed E-state index contributed by atoms with van der Waals surface area (Å²) >= 11 is 0. The van der Waals surface area contributed by atoms with Crippen LogP contribution in [0.25, 0.3) is 10.9 Å². The first-order chi connectivity index (χ1) is 9.75. The molecule has 1 aromatic heterocycles. The second-order valence-electron chi connectivity index (χ2n) is 5.47. The molecule has 1 fully saturated rings. The van der Waals surface area contributed by atoms with Gasteiger partial charge >= 0.3 is 0 Å². The third kappa shape index (κ3) is 2.56. The SMILES string of the molecule is CN1CCCC1CCOc1ccc(N)c2ncccc12. The van der Waals surface area contributed by atoms with Crippen LogP contribution in [0.15, 0.2) is 30.5 Å². The lowest BCUT2D eigenvalue weighted by molar-refractivity contribution is 0.234. The molecule has 2 aromatic rings. The van der Waals surface area contributed by atoms with Crippen molar-refractivity contribution < 1.29 is 4.74 Å². The van der Waals surface area contributed by atoms with Crippen LogP contribution in [-0.4, -0.2) is 36.1 Å². The van der Waals surface area contributed by atoms with Crippen LogP contribution in [0.2, 0.25) is 0 Å². The standard InChI is InChI=1S/C16H21N3O/c1-19-10-3-4-12(19)8-11-20-15-7-6-14(17)16-13(15)5-2-9-18-16/h2,5-7,9,12H,3-4,8,10-11,17H2,1H3. The number of hydrogen-bond acceptors (Lipinski definition) is 4. The summed E-state index contributed by atoms with van der Waals surface area (Å²) in [7, 11) is 2.19. The Kier molecular flexibility index (Phi) is 3.74. The molecular formula is C16H21N3O. The number of nitrogens with two attached hydrogens (primary N) is 1. The van der Waals surface area contributed by atoms with Crippen molar-refractivity contribution >= 4 is 16.6 Å². The van der Waals surface area contributed by atoms with E-state index in [1.807, 2.05) is 24.3 Å². The Morgan fingerprint density at radius 2 is 2.30 bits per heavy atom. The highest BCUT2D eigenvalue weighted by Gasteiger charge is 2.20. The Bertz CT molecular complexity index is 599. The van der Waals surface area contributed by atoms with Crippen LogP contribution in [0.3, 0.4) is 0 Å². The largest absolute Gasteiger partial charge is 0.493 e. The summed E-state index contributed by atoms with van der Waals surface area (Å²) in [5.74, 6) is 0.878. The number of anilines is 1. The maximum atomic E-state index is 5.96. The molecular weight excluding hydrogens is 250 g/mol. The zero-order valence-corrected chi connectivity index (χ0v) is 11.9. The Morgan fingerprint density at radius 1 is 1.40 bits per heavy atom. The molecule has 0 spiro atoms. The fraction of sp³-hybridized carbons (Fsp3) is 0.438. The normalized spacial score (nSPS) is 19.6. The Balaban J connectivity index is 1.70. The summed E-state index contributed by atoms with van der Waals surface area (Å²) in [5.41, 5.74) is 7.47. The molecule has 1 saturated heterocycles. The molecule has 0 bridgehead atoms. The highest BCUT2D eigenvalue weighted by molar-refractivity contribution is 5.93. The van der Waals surface area contributed by atoms with Crippen LogP contribution in [0.5, 0.6) is 5.75 Å². The molecule has 2 heterocycles. The van der Waals surface area contributed by atoms with Gasteiger partial charge in [0.05, 0.1) is 17.8 Å². The summed E-state index contributed by atoms with van der Waals surface area (Å²) in [4.78, 5) is 6.75. The molecule has 4 heteroatoms. The van der Waals surface area contributed by atoms with Crippen LogP contribution in [-0.2, 0) is 0 Å². The van der Waals surface area contributed by atoms with Gasteiger partial charge in [0.25, 0.3) is 0 Å². The Hall–Kier alpha value is -1.81. The van der Waals surface area contributed by atoms with E-state index in [2.05, 4.69) is 16.9 Å². The van der Waals surface area contributed by atoms with E-state index in [1.165, 1.54) is 19.4 Å². The molecule has 106 valence electrons. The van der Waals surface area contributed by atoms with Gasteiger partial charge in [0.1, 0.15) is 5.75 Å². The number of likely N-dealkylation sites (tertiary alicyclic amines) is 1. The van der Waals surface area contributed by atoms with E-state index in [0.29, 0.717) is 11.7 Å². The zero-order valence-electron chi connectivity index (χ0n) is 11.9. The molecule has 0 amide bonds. The maximum absolute atomic E-state index is 5.96. The number of pyridine rings is 1. The minimum absolute atomic E-state index is 0.660. The number of aromatic nitrogens is 1. The number of ether oxygens (including phenoxy) is 1. The maximum Gasteiger partial charge on any atom is 0.128 e. The molecule has 1 aliphatic rings. The molecule has 3 rings (SSSR count). The van der Waals surface area contributed by atoms with Crippen LogP contribution in [0.4, 0.5) is 5.69 Å². The van der Waals surface area contributed by atoms with Gasteiger partial charge in [0.15, 0.2) is 0 Å². The van der Waals surface area contributed by atoms with Crippen molar-refractivity contribution in [2.75, 3.05) is 25.9 Å². The van der Waals surface area contributed by atoms with Gasteiger partial charge in [-0.2, -0.15) is 0 Å². The third-order valence-corrected chi connectivity index (χ3v) is 4.14. The van der Waals surface area contributed by atoms with E-state index in [-0.39, 0.29) is 0 Å². The van der Waals surface area contributed by atoms with Crippen molar-refractivity contribution in [2.45, 2.75) is 25.3 Å². The second-order valence-corrected chi connectivity index (χ2v) is 5.47. The van der Waals surface area contributed by atoms with Gasteiger partial charge in [0.2, 0.25) is 0 Å². The third-order valence-electron chi connectivity index (χ3n) is 4.14. The average Bonchev–Trinajstić information content (AvgIpc) is 2.87. The molecule has 1 atom stereocenters. The fourth-order valence-electron chi connectivity index (χ4n) is 2.94.